The molecule has 220 valence electrons. The maximum atomic E-state index is 11.9. The molecule has 3 atom stereocenters. The first-order chi connectivity index (χ1) is 19.1. The van der Waals surface area contributed by atoms with Crippen LogP contribution < -0.4 is 0 Å². The van der Waals surface area contributed by atoms with Crippen LogP contribution in [-0.2, 0) is 23.8 Å². The molecule has 1 fully saturated rings. The van der Waals surface area contributed by atoms with E-state index in [1.54, 1.807) is 0 Å². The van der Waals surface area contributed by atoms with Crippen molar-refractivity contribution in [1.82, 2.24) is 0 Å². The van der Waals surface area contributed by atoms with Gasteiger partial charge in [0.15, 0.2) is 6.10 Å². The molecular weight excluding hydrogens is 492 g/mol. The number of aliphatic hydroxyl groups excluding tert-OH is 1. The minimum absolute atomic E-state index is 0.112. The fraction of sp³-hybridized carbons (Fsp3) is 0.636. The maximum Gasteiger partial charge on any atom is 0.306 e. The minimum atomic E-state index is -0.800. The fourth-order valence-corrected chi connectivity index (χ4v) is 3.85. The molecule has 0 bridgehead atoms. The van der Waals surface area contributed by atoms with Crippen LogP contribution in [0.25, 0.3) is 0 Å². The highest BCUT2D eigenvalue weighted by Crippen LogP contribution is 2.29. The van der Waals surface area contributed by atoms with Crippen molar-refractivity contribution >= 4 is 11.9 Å². The number of hydrogen-bond acceptors (Lipinski definition) is 6. The van der Waals surface area contributed by atoms with Crippen molar-refractivity contribution in [3.63, 3.8) is 0 Å². The predicted molar refractivity (Wildman–Crippen MR) is 158 cm³/mol. The smallest absolute Gasteiger partial charge is 0.306 e. The lowest BCUT2D eigenvalue weighted by Gasteiger charge is -2.15. The van der Waals surface area contributed by atoms with E-state index in [0.29, 0.717) is 25.0 Å². The van der Waals surface area contributed by atoms with Gasteiger partial charge in [0.2, 0.25) is 0 Å². The Hall–Kier alpha value is -2.44. The first-order valence-electron chi connectivity index (χ1n) is 15.0. The predicted octanol–water partition coefficient (Wildman–Crippen LogP) is 7.48. The molecule has 6 nitrogen and oxygen atoms in total. The largest absolute Gasteiger partial charge is 0.462 e. The monoisotopic (exact) mass is 544 g/mol. The first-order valence-corrected chi connectivity index (χ1v) is 15.0. The van der Waals surface area contributed by atoms with E-state index in [1.165, 1.54) is 6.42 Å². The number of carbonyl (C=O) groups excluding carboxylic acids is 2. The van der Waals surface area contributed by atoms with Gasteiger partial charge in [-0.15, -0.1) is 0 Å². The molecular formula is C33H52O6. The molecule has 1 saturated heterocycles. The van der Waals surface area contributed by atoms with Crippen LogP contribution in [0.2, 0.25) is 0 Å². The van der Waals surface area contributed by atoms with Gasteiger partial charge in [-0.25, -0.2) is 0 Å². The molecule has 1 N–H and O–H groups in total. The van der Waals surface area contributed by atoms with E-state index in [1.807, 2.05) is 12.2 Å². The Morgan fingerprint density at radius 2 is 1.33 bits per heavy atom. The van der Waals surface area contributed by atoms with Crippen molar-refractivity contribution in [3.05, 3.63) is 60.8 Å². The van der Waals surface area contributed by atoms with E-state index in [-0.39, 0.29) is 31.6 Å². The highest BCUT2D eigenvalue weighted by Gasteiger charge is 2.35. The molecule has 0 aromatic rings. The highest BCUT2D eigenvalue weighted by molar-refractivity contribution is 5.70. The third-order valence-corrected chi connectivity index (χ3v) is 6.24. The Bertz CT molecular complexity index is 779. The number of aliphatic hydroxyl groups is 1. The Morgan fingerprint density at radius 3 is 1.95 bits per heavy atom. The van der Waals surface area contributed by atoms with E-state index in [0.717, 1.165) is 64.2 Å². The zero-order valence-corrected chi connectivity index (χ0v) is 24.3. The Morgan fingerprint density at radius 1 is 0.744 bits per heavy atom. The van der Waals surface area contributed by atoms with E-state index in [2.05, 4.69) is 62.5 Å². The van der Waals surface area contributed by atoms with Gasteiger partial charge in [-0.3, -0.25) is 9.59 Å². The van der Waals surface area contributed by atoms with Gasteiger partial charge in [0.1, 0.15) is 6.61 Å². The molecule has 2 unspecified atom stereocenters. The molecule has 1 rings (SSSR count). The highest BCUT2D eigenvalue weighted by atomic mass is 16.6. The van der Waals surface area contributed by atoms with Crippen molar-refractivity contribution in [3.8, 4) is 0 Å². The van der Waals surface area contributed by atoms with Crippen LogP contribution in [0, 0.1) is 0 Å². The van der Waals surface area contributed by atoms with E-state index in [4.69, 9.17) is 14.2 Å². The van der Waals surface area contributed by atoms with Crippen LogP contribution >= 0.6 is 0 Å². The number of allylic oxidation sites excluding steroid dienone is 8. The summed E-state index contributed by atoms with van der Waals surface area (Å²) in [6.07, 6.45) is 33.6. The molecule has 0 aliphatic carbocycles. The molecule has 1 aliphatic rings. The molecule has 39 heavy (non-hydrogen) atoms. The third kappa shape index (κ3) is 21.1. The van der Waals surface area contributed by atoms with Gasteiger partial charge in [0, 0.05) is 12.8 Å². The van der Waals surface area contributed by atoms with Gasteiger partial charge in [0.25, 0.3) is 0 Å². The Labute approximate surface area is 236 Å². The second-order valence-corrected chi connectivity index (χ2v) is 9.84. The quantitative estimate of drug-likeness (QED) is 0.0587. The molecule has 0 aromatic carbocycles. The normalized spacial score (nSPS) is 18.2. The van der Waals surface area contributed by atoms with E-state index < -0.39 is 6.10 Å². The van der Waals surface area contributed by atoms with Crippen LogP contribution in [-0.4, -0.2) is 48.6 Å². The molecule has 0 radical (unpaired) electrons. The summed E-state index contributed by atoms with van der Waals surface area (Å²) in [5.41, 5.74) is 0. The molecule has 0 spiro atoms. The summed E-state index contributed by atoms with van der Waals surface area (Å²) in [4.78, 5) is 23.8. The second-order valence-electron chi connectivity index (χ2n) is 9.84. The Balaban J connectivity index is 2.00. The van der Waals surface area contributed by atoms with Crippen LogP contribution in [0.3, 0.4) is 0 Å². The average Bonchev–Trinajstić information content (AvgIpc) is 3.69. The van der Waals surface area contributed by atoms with Crippen LogP contribution in [0.1, 0.15) is 104 Å². The number of epoxide rings is 1. The number of unbranched alkanes of at least 4 members (excludes halogenated alkanes) is 4. The molecule has 1 heterocycles. The molecule has 0 amide bonds. The van der Waals surface area contributed by atoms with Gasteiger partial charge in [-0.2, -0.15) is 0 Å². The van der Waals surface area contributed by atoms with Gasteiger partial charge in [-0.05, 0) is 51.4 Å². The van der Waals surface area contributed by atoms with Gasteiger partial charge >= 0.3 is 11.9 Å². The lowest BCUT2D eigenvalue weighted by molar-refractivity contribution is -0.161. The van der Waals surface area contributed by atoms with Crippen molar-refractivity contribution in [2.75, 3.05) is 13.2 Å². The van der Waals surface area contributed by atoms with Crippen LogP contribution in [0.15, 0.2) is 60.8 Å². The lowest BCUT2D eigenvalue weighted by Crippen LogP contribution is -2.28. The number of ether oxygens (including phenoxy) is 3. The summed E-state index contributed by atoms with van der Waals surface area (Å²) in [7, 11) is 0. The zero-order valence-electron chi connectivity index (χ0n) is 24.3. The summed E-state index contributed by atoms with van der Waals surface area (Å²) < 4.78 is 16.0. The van der Waals surface area contributed by atoms with Crippen molar-refractivity contribution in [2.45, 2.75) is 122 Å². The van der Waals surface area contributed by atoms with Crippen molar-refractivity contribution in [1.29, 1.82) is 0 Å². The fourth-order valence-electron chi connectivity index (χ4n) is 3.85. The van der Waals surface area contributed by atoms with Gasteiger partial charge in [-0.1, -0.05) is 100 Å². The third-order valence-electron chi connectivity index (χ3n) is 6.24. The minimum Gasteiger partial charge on any atom is -0.462 e. The number of esters is 2. The van der Waals surface area contributed by atoms with E-state index in [9.17, 15) is 14.7 Å². The number of carbonyl (C=O) groups is 2. The second kappa shape index (κ2) is 24.6. The maximum absolute atomic E-state index is 11.9. The van der Waals surface area contributed by atoms with Crippen LogP contribution in [0.4, 0.5) is 0 Å². The molecule has 1 aliphatic heterocycles. The number of rotatable bonds is 24. The lowest BCUT2D eigenvalue weighted by atomic mass is 10.1. The summed E-state index contributed by atoms with van der Waals surface area (Å²) in [5.74, 6) is -0.717. The molecule has 0 aromatic heterocycles. The summed E-state index contributed by atoms with van der Waals surface area (Å²) >= 11 is 0. The van der Waals surface area contributed by atoms with Crippen LogP contribution in [0.5, 0.6) is 0 Å². The molecule has 6 heteroatoms. The summed E-state index contributed by atoms with van der Waals surface area (Å²) in [6, 6.07) is 0. The number of hydrogen-bond donors (Lipinski definition) is 1. The van der Waals surface area contributed by atoms with Crippen molar-refractivity contribution in [2.24, 2.45) is 0 Å². The zero-order chi connectivity index (χ0) is 28.4. The first kappa shape index (κ1) is 34.6. The van der Waals surface area contributed by atoms with E-state index >= 15 is 0 Å². The summed E-state index contributed by atoms with van der Waals surface area (Å²) in [5, 5.41) is 9.39. The molecule has 0 saturated carbocycles. The standard InChI is InChI=1S/C33H52O6/c1-3-5-7-16-22-26-33(36)38-29(27-34)28-37-32(35)25-21-18-15-13-11-9-8-10-12-14-17-20-24-31-30(39-31)23-19-6-4-2/h6,9-12,15,17-20,29-31,34H,3-5,7-8,13-14,16,21-28H2,1-2H3/b11-9-,12-10-,18-15-,19-6-,20-17-/t29-,30?,31?/m0/s1. The average molecular weight is 545 g/mol. The van der Waals surface area contributed by atoms with Crippen molar-refractivity contribution < 1.29 is 28.9 Å². The van der Waals surface area contributed by atoms with Gasteiger partial charge < -0.3 is 19.3 Å². The summed E-state index contributed by atoms with van der Waals surface area (Å²) in [6.45, 7) is 3.82. The SMILES string of the molecule is CC/C=C\CC1OC1C/C=C\C/C=C\C/C=C\C/C=C\CCC(=O)OC[C@H](CO)OC(=O)CCCCCCC. The topological polar surface area (TPSA) is 85.4 Å². The Kier molecular flexibility index (Phi) is 21.8. The van der Waals surface area contributed by atoms with Gasteiger partial charge in [0.05, 0.1) is 18.8 Å².